The number of hydrogen-bond donors (Lipinski definition) is 2. The van der Waals surface area contributed by atoms with E-state index in [1.165, 1.54) is 0 Å². The van der Waals surface area contributed by atoms with Gasteiger partial charge in [0.05, 0.1) is 5.92 Å². The van der Waals surface area contributed by atoms with Crippen LogP contribution in [0, 0.1) is 11.8 Å². The number of carbonyl (C=O) groups is 2. The highest BCUT2D eigenvalue weighted by Crippen LogP contribution is 2.22. The van der Waals surface area contributed by atoms with Gasteiger partial charge in [-0.3, -0.25) is 9.59 Å². The molecule has 0 aliphatic carbocycles. The molecule has 116 valence electrons. The Hall–Kier alpha value is -1.84. The second kappa shape index (κ2) is 7.81. The third kappa shape index (κ3) is 4.88. The zero-order chi connectivity index (χ0) is 16.0. The Balaban J connectivity index is 2.85. The molecular formula is C17H25NO3. The number of anilines is 1. The molecule has 0 heterocycles. The van der Waals surface area contributed by atoms with Gasteiger partial charge >= 0.3 is 5.97 Å². The number of hydrogen-bond acceptors (Lipinski definition) is 2. The average Bonchev–Trinajstić information content (AvgIpc) is 2.43. The van der Waals surface area contributed by atoms with E-state index in [-0.39, 0.29) is 17.7 Å². The average molecular weight is 291 g/mol. The minimum Gasteiger partial charge on any atom is -0.481 e. The second-order valence-electron chi connectivity index (χ2n) is 5.81. The zero-order valence-corrected chi connectivity index (χ0v) is 13.2. The number of carboxylic acid groups (broad SMARTS) is 1. The third-order valence-corrected chi connectivity index (χ3v) is 3.77. The molecule has 4 nitrogen and oxygen atoms in total. The quantitative estimate of drug-likeness (QED) is 0.801. The summed E-state index contributed by atoms with van der Waals surface area (Å²) >= 11 is 0. The topological polar surface area (TPSA) is 66.4 Å². The van der Waals surface area contributed by atoms with Crippen molar-refractivity contribution in [1.29, 1.82) is 0 Å². The Morgan fingerprint density at radius 1 is 1.24 bits per heavy atom. The smallest absolute Gasteiger partial charge is 0.310 e. The fourth-order valence-electron chi connectivity index (χ4n) is 2.34. The van der Waals surface area contributed by atoms with Crippen LogP contribution in [-0.4, -0.2) is 17.0 Å². The van der Waals surface area contributed by atoms with Crippen molar-refractivity contribution >= 4 is 17.6 Å². The monoisotopic (exact) mass is 291 g/mol. The molecule has 1 rings (SSSR count). The van der Waals surface area contributed by atoms with E-state index in [9.17, 15) is 9.59 Å². The number of rotatable bonds is 7. The van der Waals surface area contributed by atoms with Gasteiger partial charge in [0.1, 0.15) is 0 Å². The highest BCUT2D eigenvalue weighted by molar-refractivity contribution is 5.93. The SMILES string of the molecule is CCCC(C(=O)Nc1cccc(C(C)C(=O)O)c1)C(C)C. The Morgan fingerprint density at radius 2 is 1.90 bits per heavy atom. The van der Waals surface area contributed by atoms with Crippen LogP contribution >= 0.6 is 0 Å². The lowest BCUT2D eigenvalue weighted by molar-refractivity contribution is -0.138. The molecule has 21 heavy (non-hydrogen) atoms. The van der Waals surface area contributed by atoms with Crippen LogP contribution < -0.4 is 5.32 Å². The van der Waals surface area contributed by atoms with E-state index in [2.05, 4.69) is 12.2 Å². The first kappa shape index (κ1) is 17.2. The molecule has 0 aliphatic heterocycles. The van der Waals surface area contributed by atoms with Crippen molar-refractivity contribution in [3.63, 3.8) is 0 Å². The molecule has 0 fully saturated rings. The lowest BCUT2D eigenvalue weighted by Crippen LogP contribution is -2.27. The number of carboxylic acids is 1. The number of nitrogens with one attached hydrogen (secondary N) is 1. The van der Waals surface area contributed by atoms with Crippen molar-refractivity contribution in [1.82, 2.24) is 0 Å². The molecule has 2 unspecified atom stereocenters. The predicted octanol–water partition coefficient (Wildman–Crippen LogP) is 3.89. The van der Waals surface area contributed by atoms with E-state index in [1.54, 1.807) is 31.2 Å². The van der Waals surface area contributed by atoms with Crippen molar-refractivity contribution in [3.8, 4) is 0 Å². The molecule has 0 radical (unpaired) electrons. The van der Waals surface area contributed by atoms with Crippen LogP contribution in [0.3, 0.4) is 0 Å². The standard InChI is InChI=1S/C17H25NO3/c1-5-7-15(11(2)3)16(19)18-14-9-6-8-13(10-14)12(4)17(20)21/h6,8-12,15H,5,7H2,1-4H3,(H,18,19)(H,20,21). The molecule has 0 aliphatic rings. The van der Waals surface area contributed by atoms with Gasteiger partial charge in [-0.05, 0) is 37.0 Å². The van der Waals surface area contributed by atoms with Gasteiger partial charge in [-0.15, -0.1) is 0 Å². The Labute approximate surface area is 126 Å². The first-order valence-corrected chi connectivity index (χ1v) is 7.50. The van der Waals surface area contributed by atoms with E-state index >= 15 is 0 Å². The maximum absolute atomic E-state index is 12.3. The van der Waals surface area contributed by atoms with Gasteiger partial charge in [0.2, 0.25) is 5.91 Å². The summed E-state index contributed by atoms with van der Waals surface area (Å²) in [5.74, 6) is -1.18. The van der Waals surface area contributed by atoms with E-state index in [1.807, 2.05) is 13.8 Å². The summed E-state index contributed by atoms with van der Waals surface area (Å²) < 4.78 is 0. The summed E-state index contributed by atoms with van der Waals surface area (Å²) in [6.45, 7) is 7.79. The highest BCUT2D eigenvalue weighted by Gasteiger charge is 2.21. The molecule has 0 saturated carbocycles. The number of amides is 1. The van der Waals surface area contributed by atoms with Crippen LogP contribution in [0.4, 0.5) is 5.69 Å². The third-order valence-electron chi connectivity index (χ3n) is 3.77. The van der Waals surface area contributed by atoms with E-state index in [0.29, 0.717) is 11.3 Å². The van der Waals surface area contributed by atoms with Crippen molar-refractivity contribution in [2.45, 2.75) is 46.5 Å². The van der Waals surface area contributed by atoms with Gasteiger partial charge < -0.3 is 10.4 Å². The highest BCUT2D eigenvalue weighted by atomic mass is 16.4. The van der Waals surface area contributed by atoms with Crippen LogP contribution in [0.5, 0.6) is 0 Å². The Kier molecular flexibility index (Phi) is 6.40. The molecule has 1 aromatic carbocycles. The van der Waals surface area contributed by atoms with E-state index in [0.717, 1.165) is 12.8 Å². The van der Waals surface area contributed by atoms with Gasteiger partial charge in [0, 0.05) is 11.6 Å². The maximum Gasteiger partial charge on any atom is 0.310 e. The summed E-state index contributed by atoms with van der Waals surface area (Å²) in [4.78, 5) is 23.4. The molecule has 0 bridgehead atoms. The molecule has 0 aromatic heterocycles. The lowest BCUT2D eigenvalue weighted by atomic mass is 9.90. The summed E-state index contributed by atoms with van der Waals surface area (Å²) in [5, 5.41) is 12.0. The van der Waals surface area contributed by atoms with E-state index in [4.69, 9.17) is 5.11 Å². The lowest BCUT2D eigenvalue weighted by Gasteiger charge is -2.20. The van der Waals surface area contributed by atoms with Crippen molar-refractivity contribution < 1.29 is 14.7 Å². The minimum atomic E-state index is -0.871. The predicted molar refractivity (Wildman–Crippen MR) is 84.4 cm³/mol. The maximum atomic E-state index is 12.3. The first-order valence-electron chi connectivity index (χ1n) is 7.50. The van der Waals surface area contributed by atoms with Crippen molar-refractivity contribution in [3.05, 3.63) is 29.8 Å². The van der Waals surface area contributed by atoms with Crippen molar-refractivity contribution in [2.75, 3.05) is 5.32 Å². The fourth-order valence-corrected chi connectivity index (χ4v) is 2.34. The molecular weight excluding hydrogens is 266 g/mol. The second-order valence-corrected chi connectivity index (χ2v) is 5.81. The molecule has 1 amide bonds. The van der Waals surface area contributed by atoms with E-state index < -0.39 is 11.9 Å². The summed E-state index contributed by atoms with van der Waals surface area (Å²) in [6.07, 6.45) is 1.82. The molecule has 4 heteroatoms. The number of aliphatic carboxylic acids is 1. The summed E-state index contributed by atoms with van der Waals surface area (Å²) in [6, 6.07) is 7.06. The first-order chi connectivity index (χ1) is 9.86. The van der Waals surface area contributed by atoms with Crippen LogP contribution in [0.1, 0.15) is 52.0 Å². The molecule has 0 spiro atoms. The Morgan fingerprint density at radius 3 is 2.43 bits per heavy atom. The van der Waals surface area contributed by atoms with Gasteiger partial charge in [0.15, 0.2) is 0 Å². The fraction of sp³-hybridized carbons (Fsp3) is 0.529. The Bertz CT molecular complexity index is 497. The zero-order valence-electron chi connectivity index (χ0n) is 13.2. The van der Waals surface area contributed by atoms with Gasteiger partial charge in [-0.1, -0.05) is 39.3 Å². The molecule has 1 aromatic rings. The van der Waals surface area contributed by atoms with Gasteiger partial charge in [-0.2, -0.15) is 0 Å². The molecule has 0 saturated heterocycles. The van der Waals surface area contributed by atoms with Crippen LogP contribution in [-0.2, 0) is 9.59 Å². The summed E-state index contributed by atoms with van der Waals surface area (Å²) in [7, 11) is 0. The van der Waals surface area contributed by atoms with Gasteiger partial charge in [-0.25, -0.2) is 0 Å². The number of carbonyl (C=O) groups excluding carboxylic acids is 1. The summed E-state index contributed by atoms with van der Waals surface area (Å²) in [5.41, 5.74) is 1.35. The van der Waals surface area contributed by atoms with Gasteiger partial charge in [0.25, 0.3) is 0 Å². The largest absolute Gasteiger partial charge is 0.481 e. The van der Waals surface area contributed by atoms with Crippen LogP contribution in [0.25, 0.3) is 0 Å². The van der Waals surface area contributed by atoms with Crippen LogP contribution in [0.2, 0.25) is 0 Å². The molecule has 2 N–H and O–H groups in total. The molecule has 2 atom stereocenters. The van der Waals surface area contributed by atoms with Crippen LogP contribution in [0.15, 0.2) is 24.3 Å². The van der Waals surface area contributed by atoms with Crippen molar-refractivity contribution in [2.24, 2.45) is 11.8 Å². The normalized spacial score (nSPS) is 13.8. The minimum absolute atomic E-state index is 0.00646. The number of benzene rings is 1.